The van der Waals surface area contributed by atoms with Crippen molar-refractivity contribution in [3.63, 3.8) is 0 Å². The van der Waals surface area contributed by atoms with Gasteiger partial charge in [0.2, 0.25) is 0 Å². The number of nitrogens with zero attached hydrogens (tertiary/aromatic N) is 2. The summed E-state index contributed by atoms with van der Waals surface area (Å²) in [5.74, 6) is 0. The van der Waals surface area contributed by atoms with E-state index in [9.17, 15) is 9.59 Å². The smallest absolute Gasteiger partial charge is 0.410 e. The van der Waals surface area contributed by atoms with Gasteiger partial charge >= 0.3 is 12.1 Å². The molecule has 114 valence electrons. The molecule has 1 heterocycles. The largest absolute Gasteiger partial charge is 0.444 e. The molecule has 6 nitrogen and oxygen atoms in total. The van der Waals surface area contributed by atoms with Crippen LogP contribution in [0.5, 0.6) is 0 Å². The lowest BCUT2D eigenvalue weighted by Gasteiger charge is -2.40. The van der Waals surface area contributed by atoms with Crippen molar-refractivity contribution >= 4 is 12.1 Å². The van der Waals surface area contributed by atoms with Crippen molar-refractivity contribution in [1.29, 1.82) is 0 Å². The number of urea groups is 1. The number of hydrogen-bond donors (Lipinski definition) is 1. The summed E-state index contributed by atoms with van der Waals surface area (Å²) in [5, 5.41) is 2.99. The van der Waals surface area contributed by atoms with Crippen molar-refractivity contribution in [2.75, 3.05) is 19.6 Å². The van der Waals surface area contributed by atoms with E-state index in [0.717, 1.165) is 12.8 Å². The molecule has 3 amide bonds. The summed E-state index contributed by atoms with van der Waals surface area (Å²) < 4.78 is 5.36. The Morgan fingerprint density at radius 1 is 1.20 bits per heavy atom. The van der Waals surface area contributed by atoms with Crippen molar-refractivity contribution in [3.8, 4) is 0 Å². The minimum atomic E-state index is -0.485. The highest BCUT2D eigenvalue weighted by Crippen LogP contribution is 2.20. The maximum Gasteiger partial charge on any atom is 0.410 e. The molecular formula is C14H25N3O3. The highest BCUT2D eigenvalue weighted by molar-refractivity contribution is 5.76. The zero-order valence-electron chi connectivity index (χ0n) is 12.8. The van der Waals surface area contributed by atoms with Crippen molar-refractivity contribution in [2.24, 2.45) is 0 Å². The van der Waals surface area contributed by atoms with Gasteiger partial charge in [-0.05, 0) is 40.5 Å². The summed E-state index contributed by atoms with van der Waals surface area (Å²) in [6.45, 7) is 9.13. The number of carbonyl (C=O) groups excluding carboxylic acids is 2. The third-order valence-corrected chi connectivity index (χ3v) is 3.44. The van der Waals surface area contributed by atoms with Crippen LogP contribution in [0.1, 0.15) is 40.5 Å². The minimum Gasteiger partial charge on any atom is -0.444 e. The predicted molar refractivity (Wildman–Crippen MR) is 75.5 cm³/mol. The molecule has 0 aromatic heterocycles. The molecule has 1 N–H and O–H groups in total. The van der Waals surface area contributed by atoms with E-state index < -0.39 is 5.60 Å². The molecule has 20 heavy (non-hydrogen) atoms. The van der Waals surface area contributed by atoms with Crippen LogP contribution in [0.15, 0.2) is 0 Å². The molecule has 1 saturated heterocycles. The van der Waals surface area contributed by atoms with Gasteiger partial charge in [-0.2, -0.15) is 0 Å². The Kier molecular flexibility index (Phi) is 4.11. The lowest BCUT2D eigenvalue weighted by molar-refractivity contribution is 0.0105. The first-order chi connectivity index (χ1) is 9.26. The third kappa shape index (κ3) is 4.02. The minimum absolute atomic E-state index is 0.00928. The Bertz CT molecular complexity index is 388. The summed E-state index contributed by atoms with van der Waals surface area (Å²) >= 11 is 0. The number of ether oxygens (including phenoxy) is 1. The molecule has 1 saturated carbocycles. The SMILES string of the molecule is C[C@@H]1CN(C(=O)OC(C)(C)C)CCN1C(=O)NC1CC1. The van der Waals surface area contributed by atoms with Gasteiger partial charge in [-0.1, -0.05) is 0 Å². The van der Waals surface area contributed by atoms with Crippen LogP contribution < -0.4 is 5.32 Å². The van der Waals surface area contributed by atoms with Crippen LogP contribution in [0.2, 0.25) is 0 Å². The number of carbonyl (C=O) groups is 2. The normalized spacial score (nSPS) is 23.5. The average Bonchev–Trinajstić information content (AvgIpc) is 3.10. The molecule has 1 atom stereocenters. The molecule has 0 aromatic rings. The van der Waals surface area contributed by atoms with Crippen molar-refractivity contribution < 1.29 is 14.3 Å². The van der Waals surface area contributed by atoms with Gasteiger partial charge < -0.3 is 19.9 Å². The standard InChI is InChI=1S/C14H25N3O3/c1-10-9-16(13(19)20-14(2,3)4)7-8-17(10)12(18)15-11-5-6-11/h10-11H,5-9H2,1-4H3,(H,15,18)/t10-/m1/s1. The molecule has 0 spiro atoms. The molecule has 0 radical (unpaired) electrons. The van der Waals surface area contributed by atoms with Gasteiger partial charge in [0.05, 0.1) is 0 Å². The molecule has 2 aliphatic rings. The van der Waals surface area contributed by atoms with Crippen molar-refractivity contribution in [3.05, 3.63) is 0 Å². The van der Waals surface area contributed by atoms with Crippen LogP contribution in [0, 0.1) is 0 Å². The molecule has 6 heteroatoms. The third-order valence-electron chi connectivity index (χ3n) is 3.44. The van der Waals surface area contributed by atoms with Crippen LogP contribution in [0.25, 0.3) is 0 Å². The van der Waals surface area contributed by atoms with E-state index in [2.05, 4.69) is 5.32 Å². The highest BCUT2D eigenvalue weighted by atomic mass is 16.6. The fourth-order valence-corrected chi connectivity index (χ4v) is 2.24. The second kappa shape index (κ2) is 5.50. The molecule has 0 bridgehead atoms. The van der Waals surface area contributed by atoms with Crippen molar-refractivity contribution in [1.82, 2.24) is 15.1 Å². The van der Waals surface area contributed by atoms with E-state index in [1.54, 1.807) is 9.80 Å². The van der Waals surface area contributed by atoms with Crippen LogP contribution in [0.3, 0.4) is 0 Å². The molecule has 2 fully saturated rings. The van der Waals surface area contributed by atoms with Gasteiger partial charge in [0.15, 0.2) is 0 Å². The van der Waals surface area contributed by atoms with Crippen LogP contribution in [0.4, 0.5) is 9.59 Å². The quantitative estimate of drug-likeness (QED) is 0.798. The Balaban J connectivity index is 1.84. The first kappa shape index (κ1) is 14.9. The van der Waals surface area contributed by atoms with Gasteiger partial charge in [-0.25, -0.2) is 9.59 Å². The average molecular weight is 283 g/mol. The van der Waals surface area contributed by atoms with Gasteiger partial charge in [0.1, 0.15) is 5.60 Å². The van der Waals surface area contributed by atoms with Gasteiger partial charge in [0.25, 0.3) is 0 Å². The van der Waals surface area contributed by atoms with E-state index in [0.29, 0.717) is 25.7 Å². The fourth-order valence-electron chi connectivity index (χ4n) is 2.24. The zero-order chi connectivity index (χ0) is 14.9. The molecule has 1 aliphatic carbocycles. The van der Waals surface area contributed by atoms with E-state index in [1.165, 1.54) is 0 Å². The van der Waals surface area contributed by atoms with Crippen LogP contribution in [-0.2, 0) is 4.74 Å². The highest BCUT2D eigenvalue weighted by Gasteiger charge is 2.34. The molecule has 2 rings (SSSR count). The van der Waals surface area contributed by atoms with Crippen LogP contribution in [-0.4, -0.2) is 59.2 Å². The Morgan fingerprint density at radius 3 is 2.35 bits per heavy atom. The van der Waals surface area contributed by atoms with E-state index in [-0.39, 0.29) is 18.2 Å². The molecule has 0 aromatic carbocycles. The second-order valence-electron chi connectivity index (χ2n) is 6.69. The second-order valence-corrected chi connectivity index (χ2v) is 6.69. The number of nitrogens with one attached hydrogen (secondary N) is 1. The molecular weight excluding hydrogens is 258 g/mol. The lowest BCUT2D eigenvalue weighted by atomic mass is 10.2. The Hall–Kier alpha value is -1.46. The maximum absolute atomic E-state index is 12.0. The first-order valence-electron chi connectivity index (χ1n) is 7.31. The summed E-state index contributed by atoms with van der Waals surface area (Å²) in [7, 11) is 0. The monoisotopic (exact) mass is 283 g/mol. The number of amides is 3. The maximum atomic E-state index is 12.0. The first-order valence-corrected chi connectivity index (χ1v) is 7.31. The molecule has 0 unspecified atom stereocenters. The molecule has 1 aliphatic heterocycles. The zero-order valence-corrected chi connectivity index (χ0v) is 12.8. The number of hydrogen-bond acceptors (Lipinski definition) is 3. The number of piperazine rings is 1. The van der Waals surface area contributed by atoms with E-state index in [4.69, 9.17) is 4.74 Å². The predicted octanol–water partition coefficient (Wildman–Crippen LogP) is 1.80. The Morgan fingerprint density at radius 2 is 1.85 bits per heavy atom. The summed E-state index contributed by atoms with van der Waals surface area (Å²) in [4.78, 5) is 27.5. The number of rotatable bonds is 1. The lowest BCUT2D eigenvalue weighted by Crippen LogP contribution is -2.58. The van der Waals surface area contributed by atoms with E-state index in [1.807, 2.05) is 27.7 Å². The van der Waals surface area contributed by atoms with Gasteiger partial charge in [0, 0.05) is 31.7 Å². The fraction of sp³-hybridized carbons (Fsp3) is 0.857. The van der Waals surface area contributed by atoms with Crippen molar-refractivity contribution in [2.45, 2.75) is 58.2 Å². The van der Waals surface area contributed by atoms with Crippen LogP contribution >= 0.6 is 0 Å². The van der Waals surface area contributed by atoms with E-state index >= 15 is 0 Å². The Labute approximate surface area is 120 Å². The topological polar surface area (TPSA) is 61.9 Å². The van der Waals surface area contributed by atoms with Gasteiger partial charge in [-0.15, -0.1) is 0 Å². The van der Waals surface area contributed by atoms with Gasteiger partial charge in [-0.3, -0.25) is 0 Å². The summed E-state index contributed by atoms with van der Waals surface area (Å²) in [5.41, 5.74) is -0.485. The summed E-state index contributed by atoms with van der Waals surface area (Å²) in [6, 6.07) is 0.359. The summed E-state index contributed by atoms with van der Waals surface area (Å²) in [6.07, 6.45) is 1.86.